The first-order chi connectivity index (χ1) is 8.90. The lowest BCUT2D eigenvalue weighted by molar-refractivity contribution is -0.126. The first-order valence-electron chi connectivity index (χ1n) is 6.66. The normalized spacial score (nSPS) is 14.2. The van der Waals surface area contributed by atoms with Gasteiger partial charge < -0.3 is 10.4 Å². The van der Waals surface area contributed by atoms with Gasteiger partial charge in [-0.3, -0.25) is 4.79 Å². The SMILES string of the molecule is CCC(CC)C(=O)NCC(C)(O)c1ccc(F)cc1. The van der Waals surface area contributed by atoms with Crippen molar-refractivity contribution >= 4 is 5.91 Å². The lowest BCUT2D eigenvalue weighted by atomic mass is 9.95. The molecule has 0 aliphatic heterocycles. The third kappa shape index (κ3) is 4.31. The zero-order valence-corrected chi connectivity index (χ0v) is 11.7. The highest BCUT2D eigenvalue weighted by molar-refractivity contribution is 5.78. The van der Waals surface area contributed by atoms with E-state index in [4.69, 9.17) is 0 Å². The minimum absolute atomic E-state index is 0.0241. The molecular formula is C15H22FNO2. The summed E-state index contributed by atoms with van der Waals surface area (Å²) in [6.07, 6.45) is 1.56. The highest BCUT2D eigenvalue weighted by atomic mass is 19.1. The molecule has 1 aromatic carbocycles. The molecule has 0 saturated heterocycles. The number of amides is 1. The molecule has 4 heteroatoms. The van der Waals surface area contributed by atoms with Crippen LogP contribution >= 0.6 is 0 Å². The van der Waals surface area contributed by atoms with E-state index in [0.29, 0.717) is 5.56 Å². The van der Waals surface area contributed by atoms with Gasteiger partial charge in [-0.2, -0.15) is 0 Å². The molecule has 0 bridgehead atoms. The largest absolute Gasteiger partial charge is 0.384 e. The molecule has 0 aliphatic carbocycles. The maximum atomic E-state index is 12.8. The maximum absolute atomic E-state index is 12.8. The van der Waals surface area contributed by atoms with Gasteiger partial charge in [-0.05, 0) is 37.5 Å². The lowest BCUT2D eigenvalue weighted by Crippen LogP contribution is -2.41. The van der Waals surface area contributed by atoms with Crippen LogP contribution in [0.3, 0.4) is 0 Å². The Labute approximate surface area is 113 Å². The van der Waals surface area contributed by atoms with Crippen LogP contribution in [0.1, 0.15) is 39.2 Å². The zero-order chi connectivity index (χ0) is 14.5. The Morgan fingerprint density at radius 1 is 1.32 bits per heavy atom. The molecular weight excluding hydrogens is 245 g/mol. The fraction of sp³-hybridized carbons (Fsp3) is 0.533. The Morgan fingerprint density at radius 3 is 2.32 bits per heavy atom. The Bertz CT molecular complexity index is 411. The third-order valence-corrected chi connectivity index (χ3v) is 3.43. The minimum atomic E-state index is -1.20. The van der Waals surface area contributed by atoms with Gasteiger partial charge in [0.05, 0.1) is 6.54 Å². The van der Waals surface area contributed by atoms with E-state index in [2.05, 4.69) is 5.32 Å². The molecule has 1 aromatic rings. The Kier molecular flexibility index (Phi) is 5.48. The fourth-order valence-electron chi connectivity index (χ4n) is 1.97. The molecule has 3 nitrogen and oxygen atoms in total. The van der Waals surface area contributed by atoms with Crippen LogP contribution in [0.5, 0.6) is 0 Å². The van der Waals surface area contributed by atoms with Crippen molar-refractivity contribution < 1.29 is 14.3 Å². The van der Waals surface area contributed by atoms with Crippen molar-refractivity contribution in [2.75, 3.05) is 6.54 Å². The van der Waals surface area contributed by atoms with Crippen LogP contribution in [0.15, 0.2) is 24.3 Å². The maximum Gasteiger partial charge on any atom is 0.223 e. The summed E-state index contributed by atoms with van der Waals surface area (Å²) in [6, 6.07) is 5.65. The van der Waals surface area contributed by atoms with Crippen molar-refractivity contribution in [1.82, 2.24) is 5.32 Å². The van der Waals surface area contributed by atoms with E-state index in [0.717, 1.165) is 12.8 Å². The van der Waals surface area contributed by atoms with Gasteiger partial charge in [0.2, 0.25) is 5.91 Å². The number of rotatable bonds is 6. The number of benzene rings is 1. The lowest BCUT2D eigenvalue weighted by Gasteiger charge is -2.25. The Hall–Kier alpha value is -1.42. The smallest absolute Gasteiger partial charge is 0.223 e. The first kappa shape index (κ1) is 15.6. The summed E-state index contributed by atoms with van der Waals surface area (Å²) in [6.45, 7) is 5.65. The van der Waals surface area contributed by atoms with E-state index < -0.39 is 5.60 Å². The van der Waals surface area contributed by atoms with Gasteiger partial charge in [0.15, 0.2) is 0 Å². The van der Waals surface area contributed by atoms with Gasteiger partial charge in [0.1, 0.15) is 11.4 Å². The molecule has 0 fully saturated rings. The topological polar surface area (TPSA) is 49.3 Å². The Balaban J connectivity index is 2.65. The summed E-state index contributed by atoms with van der Waals surface area (Å²) < 4.78 is 12.8. The van der Waals surface area contributed by atoms with E-state index >= 15 is 0 Å². The summed E-state index contributed by atoms with van der Waals surface area (Å²) >= 11 is 0. The molecule has 0 radical (unpaired) electrons. The van der Waals surface area contributed by atoms with Gasteiger partial charge in [-0.25, -0.2) is 4.39 Å². The number of aliphatic hydroxyl groups is 1. The van der Waals surface area contributed by atoms with Gasteiger partial charge >= 0.3 is 0 Å². The van der Waals surface area contributed by atoms with Crippen LogP contribution in [0.4, 0.5) is 4.39 Å². The summed E-state index contributed by atoms with van der Waals surface area (Å²) in [7, 11) is 0. The van der Waals surface area contributed by atoms with Crippen molar-refractivity contribution in [3.63, 3.8) is 0 Å². The highest BCUT2D eigenvalue weighted by Gasteiger charge is 2.25. The number of hydrogen-bond donors (Lipinski definition) is 2. The van der Waals surface area contributed by atoms with Gasteiger partial charge in [0.25, 0.3) is 0 Å². The van der Waals surface area contributed by atoms with Crippen molar-refractivity contribution in [3.05, 3.63) is 35.6 Å². The van der Waals surface area contributed by atoms with E-state index in [-0.39, 0.29) is 24.2 Å². The molecule has 0 spiro atoms. The third-order valence-electron chi connectivity index (χ3n) is 3.43. The number of carbonyl (C=O) groups excluding carboxylic acids is 1. The molecule has 0 heterocycles. The van der Waals surface area contributed by atoms with Crippen LogP contribution in [0.25, 0.3) is 0 Å². The van der Waals surface area contributed by atoms with Crippen molar-refractivity contribution in [2.45, 2.75) is 39.2 Å². The first-order valence-corrected chi connectivity index (χ1v) is 6.66. The van der Waals surface area contributed by atoms with Gasteiger partial charge in [-0.15, -0.1) is 0 Å². The van der Waals surface area contributed by atoms with E-state index in [1.54, 1.807) is 6.92 Å². The number of hydrogen-bond acceptors (Lipinski definition) is 2. The number of nitrogens with one attached hydrogen (secondary N) is 1. The predicted molar refractivity (Wildman–Crippen MR) is 73.1 cm³/mol. The molecule has 1 atom stereocenters. The fourth-order valence-corrected chi connectivity index (χ4v) is 1.97. The quantitative estimate of drug-likeness (QED) is 0.832. The number of carbonyl (C=O) groups is 1. The van der Waals surface area contributed by atoms with Crippen LogP contribution < -0.4 is 5.32 Å². The monoisotopic (exact) mass is 267 g/mol. The van der Waals surface area contributed by atoms with Crippen molar-refractivity contribution in [2.24, 2.45) is 5.92 Å². The van der Waals surface area contributed by atoms with Crippen LogP contribution in [0, 0.1) is 11.7 Å². The molecule has 1 rings (SSSR count). The average Bonchev–Trinajstić information content (AvgIpc) is 2.38. The van der Waals surface area contributed by atoms with Gasteiger partial charge in [-0.1, -0.05) is 26.0 Å². The van der Waals surface area contributed by atoms with Crippen LogP contribution in [-0.4, -0.2) is 17.6 Å². The zero-order valence-electron chi connectivity index (χ0n) is 11.7. The molecule has 2 N–H and O–H groups in total. The standard InChI is InChI=1S/C15H22FNO2/c1-4-11(5-2)14(18)17-10-15(3,19)12-6-8-13(16)9-7-12/h6-9,11,19H,4-5,10H2,1-3H3,(H,17,18). The summed E-state index contributed by atoms with van der Waals surface area (Å²) in [4.78, 5) is 11.9. The second kappa shape index (κ2) is 6.66. The molecule has 1 amide bonds. The average molecular weight is 267 g/mol. The van der Waals surface area contributed by atoms with Crippen molar-refractivity contribution in [3.8, 4) is 0 Å². The summed E-state index contributed by atoms with van der Waals surface area (Å²) in [5, 5.41) is 13.1. The molecule has 1 unspecified atom stereocenters. The van der Waals surface area contributed by atoms with Gasteiger partial charge in [0, 0.05) is 5.92 Å². The number of halogens is 1. The van der Waals surface area contributed by atoms with E-state index in [1.165, 1.54) is 24.3 Å². The highest BCUT2D eigenvalue weighted by Crippen LogP contribution is 2.20. The second-order valence-corrected chi connectivity index (χ2v) is 5.01. The molecule has 0 aliphatic rings. The van der Waals surface area contributed by atoms with E-state index in [9.17, 15) is 14.3 Å². The predicted octanol–water partition coefficient (Wildman–Crippen LogP) is 2.59. The Morgan fingerprint density at radius 2 is 1.84 bits per heavy atom. The molecule has 19 heavy (non-hydrogen) atoms. The second-order valence-electron chi connectivity index (χ2n) is 5.01. The van der Waals surface area contributed by atoms with Crippen LogP contribution in [-0.2, 0) is 10.4 Å². The summed E-state index contributed by atoms with van der Waals surface area (Å²) in [5.74, 6) is -0.419. The van der Waals surface area contributed by atoms with Crippen molar-refractivity contribution in [1.29, 1.82) is 0 Å². The molecule has 0 saturated carbocycles. The van der Waals surface area contributed by atoms with Crippen LogP contribution in [0.2, 0.25) is 0 Å². The minimum Gasteiger partial charge on any atom is -0.384 e. The summed E-state index contributed by atoms with van der Waals surface area (Å²) in [5.41, 5.74) is -0.617. The molecule has 106 valence electrons. The van der Waals surface area contributed by atoms with E-state index in [1.807, 2.05) is 13.8 Å². The molecule has 0 aromatic heterocycles.